The van der Waals surface area contributed by atoms with E-state index < -0.39 is 0 Å². The third kappa shape index (κ3) is 3.86. The van der Waals surface area contributed by atoms with Gasteiger partial charge in [0.15, 0.2) is 9.95 Å². The second-order valence-corrected chi connectivity index (χ2v) is 6.28. The Morgan fingerprint density at radius 2 is 2.37 bits per heavy atom. The van der Waals surface area contributed by atoms with Crippen molar-refractivity contribution in [1.82, 2.24) is 15.0 Å². The number of aromatic nitrogens is 2. The van der Waals surface area contributed by atoms with Crippen molar-refractivity contribution in [3.63, 3.8) is 0 Å². The highest BCUT2D eigenvalue weighted by Gasteiger charge is 2.03. The lowest BCUT2D eigenvalue weighted by Crippen LogP contribution is -2.27. The molecule has 0 fully saturated rings. The average molecular weight is 313 g/mol. The van der Waals surface area contributed by atoms with Crippen LogP contribution >= 0.6 is 35.2 Å². The lowest BCUT2D eigenvalue weighted by molar-refractivity contribution is 0.702. The zero-order valence-corrected chi connectivity index (χ0v) is 12.9. The zero-order valence-electron chi connectivity index (χ0n) is 10.6. The fraction of sp³-hybridized carbons (Fsp3) is 0.250. The lowest BCUT2D eigenvalue weighted by atomic mass is 10.3. The van der Waals surface area contributed by atoms with E-state index in [1.807, 2.05) is 25.1 Å². The summed E-state index contributed by atoms with van der Waals surface area (Å²) in [6.45, 7) is 4.52. The van der Waals surface area contributed by atoms with Crippen LogP contribution in [0, 0.1) is 6.92 Å². The molecule has 7 heteroatoms. The summed E-state index contributed by atoms with van der Waals surface area (Å²) < 4.78 is 2.63. The Kier molecular flexibility index (Phi) is 4.68. The van der Waals surface area contributed by atoms with Crippen molar-refractivity contribution in [3.05, 3.63) is 44.9 Å². The summed E-state index contributed by atoms with van der Waals surface area (Å²) in [6.07, 6.45) is 1.79. The van der Waals surface area contributed by atoms with E-state index in [1.54, 1.807) is 13.1 Å². The van der Waals surface area contributed by atoms with Gasteiger partial charge in [-0.15, -0.1) is 11.3 Å². The summed E-state index contributed by atoms with van der Waals surface area (Å²) >= 11 is 12.3. The minimum absolute atomic E-state index is 0.551. The molecule has 0 saturated heterocycles. The Morgan fingerprint density at radius 1 is 1.58 bits per heavy atom. The standard InChI is InChI=1S/C12H13ClN4S2/c1-8-4-3-5-11(16-15-9(2)18)17(8)7-10-6-14-12(13)19-10/h3-6H,7H2,1-2H3,(H,15,18)/b16-11+. The normalized spacial score (nSPS) is 11.6. The molecule has 0 bridgehead atoms. The molecule has 0 atom stereocenters. The highest BCUT2D eigenvalue weighted by atomic mass is 35.5. The maximum Gasteiger partial charge on any atom is 0.183 e. The molecule has 4 nitrogen and oxygen atoms in total. The van der Waals surface area contributed by atoms with Crippen LogP contribution in [0.15, 0.2) is 29.5 Å². The second kappa shape index (κ2) is 6.27. The van der Waals surface area contributed by atoms with Crippen LogP contribution < -0.4 is 10.9 Å². The summed E-state index contributed by atoms with van der Waals surface area (Å²) in [4.78, 5) is 5.77. The number of nitrogens with zero attached hydrogens (tertiary/aromatic N) is 3. The topological polar surface area (TPSA) is 42.2 Å². The molecule has 0 amide bonds. The molecular formula is C12H13ClN4S2. The molecule has 0 saturated carbocycles. The highest BCUT2D eigenvalue weighted by Crippen LogP contribution is 2.18. The van der Waals surface area contributed by atoms with E-state index in [2.05, 4.69) is 20.1 Å². The predicted octanol–water partition coefficient (Wildman–Crippen LogP) is 2.71. The third-order valence-electron chi connectivity index (χ3n) is 2.45. The molecule has 2 rings (SSSR count). The molecule has 19 heavy (non-hydrogen) atoms. The van der Waals surface area contributed by atoms with Crippen molar-refractivity contribution in [1.29, 1.82) is 0 Å². The predicted molar refractivity (Wildman–Crippen MR) is 82.4 cm³/mol. The van der Waals surface area contributed by atoms with Gasteiger partial charge in [-0.3, -0.25) is 5.43 Å². The van der Waals surface area contributed by atoms with Crippen LogP contribution in [-0.4, -0.2) is 14.5 Å². The largest absolute Gasteiger partial charge is 0.324 e. The highest BCUT2D eigenvalue weighted by molar-refractivity contribution is 7.80. The monoisotopic (exact) mass is 312 g/mol. The van der Waals surface area contributed by atoms with Gasteiger partial charge in [0.05, 0.1) is 11.5 Å². The number of hydrogen-bond acceptors (Lipinski definition) is 4. The van der Waals surface area contributed by atoms with Crippen molar-refractivity contribution >= 4 is 40.1 Å². The number of thiocarbonyl (C=S) groups is 1. The van der Waals surface area contributed by atoms with Crippen LogP contribution in [0.2, 0.25) is 4.47 Å². The summed E-state index contributed by atoms with van der Waals surface area (Å²) in [5, 5.41) is 4.29. The number of hydrogen-bond donors (Lipinski definition) is 1. The van der Waals surface area contributed by atoms with Gasteiger partial charge < -0.3 is 4.57 Å². The Hall–Kier alpha value is -1.24. The molecule has 1 N–H and O–H groups in total. The minimum atomic E-state index is 0.551. The molecule has 2 aromatic heterocycles. The van der Waals surface area contributed by atoms with Crippen molar-refractivity contribution in [3.8, 4) is 0 Å². The quantitative estimate of drug-likeness (QED) is 0.700. The molecular weight excluding hydrogens is 300 g/mol. The van der Waals surface area contributed by atoms with Crippen LogP contribution in [-0.2, 0) is 6.54 Å². The van der Waals surface area contributed by atoms with Crippen LogP contribution in [0.3, 0.4) is 0 Å². The van der Waals surface area contributed by atoms with Crippen LogP contribution in [0.1, 0.15) is 17.5 Å². The first kappa shape index (κ1) is 14.2. The van der Waals surface area contributed by atoms with E-state index >= 15 is 0 Å². The molecule has 2 heterocycles. The smallest absolute Gasteiger partial charge is 0.183 e. The fourth-order valence-corrected chi connectivity index (χ4v) is 2.60. The first-order chi connectivity index (χ1) is 9.06. The summed E-state index contributed by atoms with van der Waals surface area (Å²) in [6, 6.07) is 5.93. The van der Waals surface area contributed by atoms with Gasteiger partial charge in [-0.25, -0.2) is 4.98 Å². The lowest BCUT2D eigenvalue weighted by Gasteiger charge is -2.10. The van der Waals surface area contributed by atoms with Crippen molar-refractivity contribution in [2.45, 2.75) is 20.4 Å². The molecule has 0 aliphatic heterocycles. The maximum atomic E-state index is 5.85. The van der Waals surface area contributed by atoms with Crippen molar-refractivity contribution in [2.75, 3.05) is 0 Å². The van der Waals surface area contributed by atoms with Gasteiger partial charge >= 0.3 is 0 Å². The third-order valence-corrected chi connectivity index (χ3v) is 3.64. The van der Waals surface area contributed by atoms with Gasteiger partial charge in [-0.1, -0.05) is 29.9 Å². The molecule has 0 aliphatic carbocycles. The molecule has 0 aromatic carbocycles. The first-order valence-corrected chi connectivity index (χ1v) is 7.23. The summed E-state index contributed by atoms with van der Waals surface area (Å²) in [7, 11) is 0. The second-order valence-electron chi connectivity index (χ2n) is 3.97. The van der Waals surface area contributed by atoms with Gasteiger partial charge in [0.2, 0.25) is 0 Å². The molecule has 0 radical (unpaired) electrons. The van der Waals surface area contributed by atoms with Gasteiger partial charge in [0.25, 0.3) is 0 Å². The summed E-state index contributed by atoms with van der Waals surface area (Å²) in [5.74, 6) is 0. The SMILES string of the molecule is CC(=S)N/N=c1\cccc(C)n1Cc1cnc(Cl)s1. The van der Waals surface area contributed by atoms with Gasteiger partial charge in [-0.05, 0) is 26.0 Å². The Morgan fingerprint density at radius 3 is 3.00 bits per heavy atom. The van der Waals surface area contributed by atoms with Crippen LogP contribution in [0.5, 0.6) is 0 Å². The van der Waals surface area contributed by atoms with Crippen molar-refractivity contribution < 1.29 is 0 Å². The number of rotatable bonds is 3. The molecule has 0 aliphatic rings. The number of halogens is 1. The fourth-order valence-electron chi connectivity index (χ4n) is 1.59. The molecule has 2 aromatic rings. The van der Waals surface area contributed by atoms with Gasteiger partial charge in [-0.2, -0.15) is 5.10 Å². The first-order valence-electron chi connectivity index (χ1n) is 5.63. The molecule has 100 valence electrons. The van der Waals surface area contributed by atoms with E-state index in [-0.39, 0.29) is 0 Å². The average Bonchev–Trinajstić information content (AvgIpc) is 2.75. The minimum Gasteiger partial charge on any atom is -0.324 e. The maximum absolute atomic E-state index is 5.85. The number of pyridine rings is 1. The molecule has 0 spiro atoms. The van der Waals surface area contributed by atoms with E-state index in [9.17, 15) is 0 Å². The van der Waals surface area contributed by atoms with E-state index in [4.69, 9.17) is 23.8 Å². The summed E-state index contributed by atoms with van der Waals surface area (Å²) in [5.41, 5.74) is 4.74. The molecule has 0 unspecified atom stereocenters. The zero-order chi connectivity index (χ0) is 13.8. The number of aryl methyl sites for hydroxylation is 1. The van der Waals surface area contributed by atoms with Gasteiger partial charge in [0, 0.05) is 16.8 Å². The Balaban J connectivity index is 2.38. The van der Waals surface area contributed by atoms with Crippen LogP contribution in [0.25, 0.3) is 0 Å². The van der Waals surface area contributed by atoms with E-state index in [0.29, 0.717) is 16.0 Å². The number of nitrogens with one attached hydrogen (secondary N) is 1. The van der Waals surface area contributed by atoms with E-state index in [0.717, 1.165) is 16.1 Å². The van der Waals surface area contributed by atoms with Gasteiger partial charge in [0.1, 0.15) is 0 Å². The van der Waals surface area contributed by atoms with E-state index in [1.165, 1.54) is 11.3 Å². The van der Waals surface area contributed by atoms with Crippen LogP contribution in [0.4, 0.5) is 0 Å². The Bertz CT molecular complexity index is 660. The van der Waals surface area contributed by atoms with Crippen molar-refractivity contribution in [2.24, 2.45) is 5.10 Å². The number of thiazole rings is 1. The Labute approximate surface area is 125 Å².